The largest absolute Gasteiger partial charge is 0.398 e. The average molecular weight is 291 g/mol. The zero-order valence-electron chi connectivity index (χ0n) is 9.73. The summed E-state index contributed by atoms with van der Waals surface area (Å²) in [6.45, 7) is 0.809. The van der Waals surface area contributed by atoms with Gasteiger partial charge < -0.3 is 10.6 Å². The summed E-state index contributed by atoms with van der Waals surface area (Å²) in [6, 6.07) is 16.3. The number of hydrogen-bond donors (Lipinski definition) is 1. The minimum atomic E-state index is 0.809. The molecular formula is C14H15BrN2. The van der Waals surface area contributed by atoms with E-state index < -0.39 is 0 Å². The SMILES string of the molecule is CN(Cc1ccc(Br)cc1N)c1ccccc1. The normalized spacial score (nSPS) is 10.2. The lowest BCUT2D eigenvalue weighted by Gasteiger charge is -2.20. The van der Waals surface area contributed by atoms with Crippen molar-refractivity contribution < 1.29 is 0 Å². The first-order valence-corrected chi connectivity index (χ1v) is 6.26. The number of nitrogens with zero attached hydrogens (tertiary/aromatic N) is 1. The summed E-state index contributed by atoms with van der Waals surface area (Å²) in [7, 11) is 2.07. The molecule has 0 radical (unpaired) electrons. The van der Waals surface area contributed by atoms with E-state index in [1.165, 1.54) is 5.69 Å². The van der Waals surface area contributed by atoms with Crippen LogP contribution in [0.5, 0.6) is 0 Å². The predicted octanol–water partition coefficient (Wildman–Crippen LogP) is 3.67. The molecule has 0 aromatic heterocycles. The molecule has 0 aliphatic carbocycles. The van der Waals surface area contributed by atoms with Crippen LogP contribution >= 0.6 is 15.9 Å². The third kappa shape index (κ3) is 3.01. The lowest BCUT2D eigenvalue weighted by molar-refractivity contribution is 0.925. The number of para-hydroxylation sites is 1. The number of hydrogen-bond acceptors (Lipinski definition) is 2. The Kier molecular flexibility index (Phi) is 3.69. The van der Waals surface area contributed by atoms with E-state index in [2.05, 4.69) is 46.1 Å². The quantitative estimate of drug-likeness (QED) is 0.874. The maximum absolute atomic E-state index is 5.99. The van der Waals surface area contributed by atoms with Crippen LogP contribution in [-0.4, -0.2) is 7.05 Å². The number of halogens is 1. The predicted molar refractivity (Wildman–Crippen MR) is 77.1 cm³/mol. The smallest absolute Gasteiger partial charge is 0.0446 e. The van der Waals surface area contributed by atoms with Gasteiger partial charge in [0, 0.05) is 29.4 Å². The van der Waals surface area contributed by atoms with E-state index in [1.54, 1.807) is 0 Å². The van der Waals surface area contributed by atoms with Gasteiger partial charge in [0.15, 0.2) is 0 Å². The second kappa shape index (κ2) is 5.23. The Morgan fingerprint density at radius 3 is 2.47 bits per heavy atom. The Morgan fingerprint density at radius 2 is 1.82 bits per heavy atom. The van der Waals surface area contributed by atoms with Crippen molar-refractivity contribution in [2.45, 2.75) is 6.54 Å². The molecule has 0 bridgehead atoms. The van der Waals surface area contributed by atoms with Crippen molar-refractivity contribution in [3.8, 4) is 0 Å². The molecule has 0 aliphatic rings. The molecule has 2 aromatic carbocycles. The van der Waals surface area contributed by atoms with Crippen molar-refractivity contribution >= 4 is 27.3 Å². The Hall–Kier alpha value is -1.48. The third-order valence-corrected chi connectivity index (χ3v) is 3.21. The summed E-state index contributed by atoms with van der Waals surface area (Å²) in [4.78, 5) is 2.18. The topological polar surface area (TPSA) is 29.3 Å². The summed E-state index contributed by atoms with van der Waals surface area (Å²) < 4.78 is 1.01. The molecule has 2 rings (SSSR count). The van der Waals surface area contributed by atoms with Crippen LogP contribution in [0.1, 0.15) is 5.56 Å². The van der Waals surface area contributed by atoms with Crippen LogP contribution in [0.2, 0.25) is 0 Å². The second-order valence-corrected chi connectivity index (χ2v) is 4.95. The van der Waals surface area contributed by atoms with Crippen LogP contribution in [-0.2, 0) is 6.54 Å². The minimum absolute atomic E-state index is 0.809. The van der Waals surface area contributed by atoms with Gasteiger partial charge in [0.2, 0.25) is 0 Å². The first-order valence-electron chi connectivity index (χ1n) is 5.47. The maximum atomic E-state index is 5.99. The van der Waals surface area contributed by atoms with Gasteiger partial charge in [0.25, 0.3) is 0 Å². The van der Waals surface area contributed by atoms with E-state index in [-0.39, 0.29) is 0 Å². The van der Waals surface area contributed by atoms with Crippen LogP contribution in [0.4, 0.5) is 11.4 Å². The van der Waals surface area contributed by atoms with E-state index in [1.807, 2.05) is 30.3 Å². The zero-order chi connectivity index (χ0) is 12.3. The molecule has 17 heavy (non-hydrogen) atoms. The Labute approximate surface area is 110 Å². The van der Waals surface area contributed by atoms with Gasteiger partial charge in [-0.05, 0) is 29.8 Å². The highest BCUT2D eigenvalue weighted by Gasteiger charge is 2.04. The van der Waals surface area contributed by atoms with Gasteiger partial charge >= 0.3 is 0 Å². The standard InChI is InChI=1S/C14H15BrN2/c1-17(13-5-3-2-4-6-13)10-11-7-8-12(15)9-14(11)16/h2-9H,10,16H2,1H3. The highest BCUT2D eigenvalue weighted by Crippen LogP contribution is 2.21. The maximum Gasteiger partial charge on any atom is 0.0446 e. The molecule has 0 heterocycles. The monoisotopic (exact) mass is 290 g/mol. The lowest BCUT2D eigenvalue weighted by atomic mass is 10.1. The molecule has 0 spiro atoms. The van der Waals surface area contributed by atoms with Crippen LogP contribution in [0, 0.1) is 0 Å². The van der Waals surface area contributed by atoms with Crippen LogP contribution in [0.3, 0.4) is 0 Å². The summed E-state index contributed by atoms with van der Waals surface area (Å²) in [5.74, 6) is 0. The first kappa shape index (κ1) is 12.0. The van der Waals surface area contributed by atoms with Gasteiger partial charge in [-0.3, -0.25) is 0 Å². The highest BCUT2D eigenvalue weighted by atomic mass is 79.9. The summed E-state index contributed by atoms with van der Waals surface area (Å²) >= 11 is 3.41. The molecule has 0 saturated heterocycles. The van der Waals surface area contributed by atoms with Crippen molar-refractivity contribution in [3.05, 3.63) is 58.6 Å². The van der Waals surface area contributed by atoms with Crippen LogP contribution < -0.4 is 10.6 Å². The van der Waals surface area contributed by atoms with Crippen LogP contribution in [0.15, 0.2) is 53.0 Å². The molecule has 3 heteroatoms. The van der Waals surface area contributed by atoms with Crippen LogP contribution in [0.25, 0.3) is 0 Å². The molecular weight excluding hydrogens is 276 g/mol. The van der Waals surface area contributed by atoms with Crippen molar-refractivity contribution in [1.82, 2.24) is 0 Å². The second-order valence-electron chi connectivity index (χ2n) is 4.03. The summed E-state index contributed by atoms with van der Waals surface area (Å²) in [5, 5.41) is 0. The summed E-state index contributed by atoms with van der Waals surface area (Å²) in [6.07, 6.45) is 0. The fourth-order valence-corrected chi connectivity index (χ4v) is 2.12. The first-order chi connectivity index (χ1) is 8.16. The number of rotatable bonds is 3. The highest BCUT2D eigenvalue weighted by molar-refractivity contribution is 9.10. The molecule has 88 valence electrons. The molecule has 0 atom stereocenters. The number of nitrogens with two attached hydrogens (primary N) is 1. The molecule has 0 saturated carbocycles. The minimum Gasteiger partial charge on any atom is -0.398 e. The molecule has 0 amide bonds. The van der Waals surface area contributed by atoms with Crippen molar-refractivity contribution in [1.29, 1.82) is 0 Å². The number of benzene rings is 2. The zero-order valence-corrected chi connectivity index (χ0v) is 11.3. The molecule has 2 aromatic rings. The van der Waals surface area contributed by atoms with E-state index in [0.717, 1.165) is 22.3 Å². The molecule has 2 N–H and O–H groups in total. The fraction of sp³-hybridized carbons (Fsp3) is 0.143. The fourth-order valence-electron chi connectivity index (χ4n) is 1.74. The van der Waals surface area contributed by atoms with Gasteiger partial charge in [0.05, 0.1) is 0 Å². The van der Waals surface area contributed by atoms with Crippen molar-refractivity contribution in [2.75, 3.05) is 17.7 Å². The van der Waals surface area contributed by atoms with E-state index in [4.69, 9.17) is 5.73 Å². The molecule has 0 aliphatic heterocycles. The molecule has 0 unspecified atom stereocenters. The third-order valence-electron chi connectivity index (χ3n) is 2.71. The van der Waals surface area contributed by atoms with Gasteiger partial charge in [-0.25, -0.2) is 0 Å². The number of anilines is 2. The van der Waals surface area contributed by atoms with E-state index >= 15 is 0 Å². The molecule has 2 nitrogen and oxygen atoms in total. The van der Waals surface area contributed by atoms with Gasteiger partial charge in [-0.15, -0.1) is 0 Å². The van der Waals surface area contributed by atoms with Gasteiger partial charge in [-0.1, -0.05) is 40.2 Å². The summed E-state index contributed by atoms with van der Waals surface area (Å²) in [5.41, 5.74) is 9.14. The Bertz CT molecular complexity index is 497. The van der Waals surface area contributed by atoms with Crippen molar-refractivity contribution in [3.63, 3.8) is 0 Å². The van der Waals surface area contributed by atoms with Gasteiger partial charge in [0.1, 0.15) is 0 Å². The molecule has 0 fully saturated rings. The van der Waals surface area contributed by atoms with E-state index in [9.17, 15) is 0 Å². The Morgan fingerprint density at radius 1 is 1.12 bits per heavy atom. The average Bonchev–Trinajstić information content (AvgIpc) is 2.34. The van der Waals surface area contributed by atoms with E-state index in [0.29, 0.717) is 0 Å². The number of nitrogen functional groups attached to an aromatic ring is 1. The Balaban J connectivity index is 2.16. The van der Waals surface area contributed by atoms with Crippen molar-refractivity contribution in [2.24, 2.45) is 0 Å². The van der Waals surface area contributed by atoms with Gasteiger partial charge in [-0.2, -0.15) is 0 Å². The lowest BCUT2D eigenvalue weighted by Crippen LogP contribution is -2.17.